The highest BCUT2D eigenvalue weighted by Gasteiger charge is 2.28. The molecule has 0 radical (unpaired) electrons. The molecule has 0 aromatic heterocycles. The fourth-order valence-electron chi connectivity index (χ4n) is 1.30. The Labute approximate surface area is 75.7 Å². The fourth-order valence-corrected chi connectivity index (χ4v) is 1.30. The number of nitrogens with one attached hydrogen (secondary N) is 1. The van der Waals surface area contributed by atoms with Crippen LogP contribution in [-0.2, 0) is 4.79 Å². The van der Waals surface area contributed by atoms with Crippen molar-refractivity contribution in [1.29, 1.82) is 0 Å². The molecular weight excluding hydrogens is 150 g/mol. The Morgan fingerprint density at radius 3 is 2.33 bits per heavy atom. The Bertz CT molecular complexity index is 152. The van der Waals surface area contributed by atoms with Gasteiger partial charge < -0.3 is 5.32 Å². The van der Waals surface area contributed by atoms with Crippen LogP contribution in [0.1, 0.15) is 40.5 Å². The van der Waals surface area contributed by atoms with Gasteiger partial charge in [0.2, 0.25) is 0 Å². The smallest absolute Gasteiger partial charge is 0.155 e. The third-order valence-electron chi connectivity index (χ3n) is 2.41. The zero-order chi connectivity index (χ0) is 9.78. The third kappa shape index (κ3) is 2.94. The van der Waals surface area contributed by atoms with Crippen LogP contribution in [0.25, 0.3) is 0 Å². The highest BCUT2D eigenvalue weighted by Crippen LogP contribution is 2.15. The van der Waals surface area contributed by atoms with Gasteiger partial charge in [-0.2, -0.15) is 0 Å². The van der Waals surface area contributed by atoms with Crippen molar-refractivity contribution in [3.05, 3.63) is 0 Å². The maximum absolute atomic E-state index is 11.7. The molecule has 12 heavy (non-hydrogen) atoms. The van der Waals surface area contributed by atoms with Crippen molar-refractivity contribution in [1.82, 2.24) is 5.32 Å². The van der Waals surface area contributed by atoms with Crippen LogP contribution in [0.5, 0.6) is 0 Å². The summed E-state index contributed by atoms with van der Waals surface area (Å²) in [7, 11) is 1.83. The van der Waals surface area contributed by atoms with Crippen LogP contribution >= 0.6 is 0 Å². The molecule has 2 heteroatoms. The molecule has 1 atom stereocenters. The van der Waals surface area contributed by atoms with E-state index < -0.39 is 0 Å². The number of rotatable bonds is 5. The van der Waals surface area contributed by atoms with Gasteiger partial charge in [-0.1, -0.05) is 20.3 Å². The lowest BCUT2D eigenvalue weighted by molar-refractivity contribution is -0.127. The van der Waals surface area contributed by atoms with E-state index in [9.17, 15) is 4.79 Å². The topological polar surface area (TPSA) is 29.1 Å². The molecule has 0 heterocycles. The molecule has 0 rings (SSSR count). The van der Waals surface area contributed by atoms with Crippen LogP contribution in [0.15, 0.2) is 0 Å². The minimum atomic E-state index is -0.366. The van der Waals surface area contributed by atoms with E-state index in [0.717, 1.165) is 12.8 Å². The van der Waals surface area contributed by atoms with Crippen LogP contribution < -0.4 is 5.32 Å². The van der Waals surface area contributed by atoms with Crippen LogP contribution in [0.4, 0.5) is 0 Å². The van der Waals surface area contributed by atoms with Gasteiger partial charge >= 0.3 is 0 Å². The van der Waals surface area contributed by atoms with Gasteiger partial charge in [-0.3, -0.25) is 4.79 Å². The monoisotopic (exact) mass is 171 g/mol. The maximum atomic E-state index is 11.7. The standard InChI is InChI=1S/C10H21NO/c1-6-7-8(2)9(12)10(3,4)11-5/h8,11H,6-7H2,1-5H3. The molecule has 0 bridgehead atoms. The first-order valence-corrected chi connectivity index (χ1v) is 4.69. The molecule has 1 unspecified atom stereocenters. The second-order valence-electron chi connectivity index (χ2n) is 3.93. The van der Waals surface area contributed by atoms with E-state index in [4.69, 9.17) is 0 Å². The summed E-state index contributed by atoms with van der Waals surface area (Å²) in [6.45, 7) is 7.98. The number of ketones is 1. The molecule has 2 nitrogen and oxygen atoms in total. The molecule has 0 aliphatic carbocycles. The molecule has 72 valence electrons. The summed E-state index contributed by atoms with van der Waals surface area (Å²) < 4.78 is 0. The van der Waals surface area contributed by atoms with Crippen molar-refractivity contribution < 1.29 is 4.79 Å². The number of carbonyl (C=O) groups is 1. The predicted octanol–water partition coefficient (Wildman–Crippen LogP) is 1.99. The van der Waals surface area contributed by atoms with Crippen LogP contribution in [0.2, 0.25) is 0 Å². The Morgan fingerprint density at radius 2 is 2.00 bits per heavy atom. The number of Topliss-reactive ketones (excluding diaryl/α,β-unsaturated/α-hetero) is 1. The molecule has 0 aromatic rings. The van der Waals surface area contributed by atoms with E-state index in [2.05, 4.69) is 12.2 Å². The van der Waals surface area contributed by atoms with E-state index in [1.54, 1.807) is 0 Å². The van der Waals surface area contributed by atoms with Gasteiger partial charge in [-0.05, 0) is 27.3 Å². The van der Waals surface area contributed by atoms with Crippen molar-refractivity contribution in [3.63, 3.8) is 0 Å². The summed E-state index contributed by atoms with van der Waals surface area (Å²) in [5.74, 6) is 0.490. The Kier molecular flexibility index (Phi) is 4.46. The van der Waals surface area contributed by atoms with Crippen molar-refractivity contribution in [2.24, 2.45) is 5.92 Å². The summed E-state index contributed by atoms with van der Waals surface area (Å²) >= 11 is 0. The SMILES string of the molecule is CCCC(C)C(=O)C(C)(C)NC. The molecule has 0 amide bonds. The predicted molar refractivity (Wildman–Crippen MR) is 52.2 cm³/mol. The number of hydrogen-bond donors (Lipinski definition) is 1. The van der Waals surface area contributed by atoms with Gasteiger partial charge in [0.25, 0.3) is 0 Å². The van der Waals surface area contributed by atoms with Crippen LogP contribution in [0, 0.1) is 5.92 Å². The molecule has 0 aliphatic rings. The molecule has 0 aromatic carbocycles. The molecule has 0 saturated carbocycles. The highest BCUT2D eigenvalue weighted by molar-refractivity contribution is 5.89. The molecular formula is C10H21NO. The van der Waals surface area contributed by atoms with Gasteiger partial charge in [0, 0.05) is 5.92 Å². The Balaban J connectivity index is 4.18. The fraction of sp³-hybridized carbons (Fsp3) is 0.900. The molecule has 1 N–H and O–H groups in total. The average molecular weight is 171 g/mol. The van der Waals surface area contributed by atoms with Crippen molar-refractivity contribution in [3.8, 4) is 0 Å². The normalized spacial score (nSPS) is 14.4. The minimum absolute atomic E-state index is 0.178. The first-order chi connectivity index (χ1) is 5.45. The van der Waals surface area contributed by atoms with Gasteiger partial charge in [0.15, 0.2) is 5.78 Å². The summed E-state index contributed by atoms with van der Waals surface area (Å²) in [6.07, 6.45) is 2.07. The second kappa shape index (κ2) is 4.61. The first kappa shape index (κ1) is 11.6. The lowest BCUT2D eigenvalue weighted by Crippen LogP contribution is -2.47. The second-order valence-corrected chi connectivity index (χ2v) is 3.93. The summed E-state index contributed by atoms with van der Waals surface area (Å²) in [5.41, 5.74) is -0.366. The highest BCUT2D eigenvalue weighted by atomic mass is 16.1. The molecule has 0 saturated heterocycles. The van der Waals surface area contributed by atoms with Gasteiger partial charge in [-0.15, -0.1) is 0 Å². The van der Waals surface area contributed by atoms with E-state index in [-0.39, 0.29) is 11.5 Å². The summed E-state index contributed by atoms with van der Waals surface area (Å²) in [6, 6.07) is 0. The van der Waals surface area contributed by atoms with Gasteiger partial charge in [0.1, 0.15) is 0 Å². The van der Waals surface area contributed by atoms with Crippen molar-refractivity contribution >= 4 is 5.78 Å². The minimum Gasteiger partial charge on any atom is -0.308 e. The quantitative estimate of drug-likeness (QED) is 0.685. The first-order valence-electron chi connectivity index (χ1n) is 4.69. The number of hydrogen-bond acceptors (Lipinski definition) is 2. The largest absolute Gasteiger partial charge is 0.308 e. The maximum Gasteiger partial charge on any atom is 0.155 e. The summed E-state index contributed by atoms with van der Waals surface area (Å²) in [4.78, 5) is 11.7. The van der Waals surface area contributed by atoms with Gasteiger partial charge in [0.05, 0.1) is 5.54 Å². The van der Waals surface area contributed by atoms with Crippen LogP contribution in [0.3, 0.4) is 0 Å². The molecule has 0 spiro atoms. The lowest BCUT2D eigenvalue weighted by atomic mass is 9.87. The molecule has 0 aliphatic heterocycles. The van der Waals surface area contributed by atoms with Gasteiger partial charge in [-0.25, -0.2) is 0 Å². The van der Waals surface area contributed by atoms with E-state index in [1.807, 2.05) is 27.8 Å². The molecule has 0 fully saturated rings. The average Bonchev–Trinajstić information content (AvgIpc) is 2.03. The summed E-state index contributed by atoms with van der Waals surface area (Å²) in [5, 5.41) is 3.03. The van der Waals surface area contributed by atoms with Crippen molar-refractivity contribution in [2.45, 2.75) is 46.1 Å². The third-order valence-corrected chi connectivity index (χ3v) is 2.41. The zero-order valence-corrected chi connectivity index (χ0v) is 8.90. The van der Waals surface area contributed by atoms with Crippen LogP contribution in [-0.4, -0.2) is 18.4 Å². The lowest BCUT2D eigenvalue weighted by Gasteiger charge is -2.25. The number of likely N-dealkylation sites (N-methyl/N-ethyl adjacent to an activating group) is 1. The Hall–Kier alpha value is -0.370. The Morgan fingerprint density at radius 1 is 1.50 bits per heavy atom. The van der Waals surface area contributed by atoms with Crippen molar-refractivity contribution in [2.75, 3.05) is 7.05 Å². The zero-order valence-electron chi connectivity index (χ0n) is 8.90. The number of carbonyl (C=O) groups excluding carboxylic acids is 1. The van der Waals surface area contributed by atoms with E-state index >= 15 is 0 Å². The van der Waals surface area contributed by atoms with E-state index in [1.165, 1.54) is 0 Å². The van der Waals surface area contributed by atoms with E-state index in [0.29, 0.717) is 5.78 Å².